The number of nitrogens with one attached hydrogen (secondary N) is 1. The largest absolute Gasteiger partial charge is 0.451 e. The van der Waals surface area contributed by atoms with Gasteiger partial charge in [0.15, 0.2) is 5.76 Å². The number of fused-ring (bicyclic) bond motifs is 1. The van der Waals surface area contributed by atoms with Gasteiger partial charge in [-0.05, 0) is 55.7 Å². The van der Waals surface area contributed by atoms with Gasteiger partial charge in [-0.3, -0.25) is 4.79 Å². The van der Waals surface area contributed by atoms with Gasteiger partial charge in [-0.25, -0.2) is 0 Å². The first-order chi connectivity index (χ1) is 11.0. The maximum Gasteiger partial charge on any atom is 0.291 e. The van der Waals surface area contributed by atoms with Gasteiger partial charge in [0, 0.05) is 21.7 Å². The van der Waals surface area contributed by atoms with Crippen LogP contribution >= 0.6 is 11.6 Å². The molecule has 1 aromatic heterocycles. The topological polar surface area (TPSA) is 42.2 Å². The third kappa shape index (κ3) is 2.84. The molecule has 2 aromatic carbocycles. The molecule has 0 saturated carbocycles. The predicted octanol–water partition coefficient (Wildman–Crippen LogP) is 5.52. The summed E-state index contributed by atoms with van der Waals surface area (Å²) in [4.78, 5) is 12.6. The Balaban J connectivity index is 1.98. The number of anilines is 1. The van der Waals surface area contributed by atoms with Crippen molar-refractivity contribution >= 4 is 34.2 Å². The molecule has 0 aliphatic heterocycles. The highest BCUT2D eigenvalue weighted by molar-refractivity contribution is 6.31. The summed E-state index contributed by atoms with van der Waals surface area (Å²) in [7, 11) is 0. The van der Waals surface area contributed by atoms with Crippen LogP contribution in [0.3, 0.4) is 0 Å². The van der Waals surface area contributed by atoms with E-state index in [9.17, 15) is 4.79 Å². The summed E-state index contributed by atoms with van der Waals surface area (Å²) >= 11 is 6.10. The molecule has 3 aromatic rings. The molecule has 0 fully saturated rings. The average Bonchev–Trinajstić information content (AvgIpc) is 2.88. The number of furan rings is 1. The van der Waals surface area contributed by atoms with Crippen molar-refractivity contribution in [1.82, 2.24) is 0 Å². The lowest BCUT2D eigenvalue weighted by Gasteiger charge is -2.08. The van der Waals surface area contributed by atoms with Gasteiger partial charge in [-0.2, -0.15) is 0 Å². The lowest BCUT2D eigenvalue weighted by molar-refractivity contribution is 0.0998. The first-order valence-electron chi connectivity index (χ1n) is 7.59. The van der Waals surface area contributed by atoms with Gasteiger partial charge in [0.2, 0.25) is 0 Å². The van der Waals surface area contributed by atoms with E-state index in [-0.39, 0.29) is 5.91 Å². The Labute approximate surface area is 140 Å². The monoisotopic (exact) mass is 327 g/mol. The van der Waals surface area contributed by atoms with E-state index in [1.54, 1.807) is 6.07 Å². The molecular weight excluding hydrogens is 310 g/mol. The van der Waals surface area contributed by atoms with E-state index < -0.39 is 0 Å². The van der Waals surface area contributed by atoms with E-state index in [4.69, 9.17) is 16.0 Å². The van der Waals surface area contributed by atoms with Crippen molar-refractivity contribution in [3.8, 4) is 0 Å². The van der Waals surface area contributed by atoms with Crippen LogP contribution in [-0.4, -0.2) is 5.91 Å². The molecule has 0 aliphatic carbocycles. The lowest BCUT2D eigenvalue weighted by atomic mass is 10.1. The second-order valence-electron chi connectivity index (χ2n) is 5.61. The maximum absolute atomic E-state index is 12.6. The molecule has 4 heteroatoms. The minimum absolute atomic E-state index is 0.262. The quantitative estimate of drug-likeness (QED) is 0.688. The molecule has 3 rings (SSSR count). The first-order valence-corrected chi connectivity index (χ1v) is 7.97. The Morgan fingerprint density at radius 2 is 1.96 bits per heavy atom. The smallest absolute Gasteiger partial charge is 0.291 e. The number of aryl methyl sites for hydroxylation is 2. The fraction of sp³-hybridized carbons (Fsp3) is 0.211. The highest BCUT2D eigenvalue weighted by Gasteiger charge is 2.18. The van der Waals surface area contributed by atoms with Gasteiger partial charge < -0.3 is 9.73 Å². The van der Waals surface area contributed by atoms with Crippen LogP contribution in [-0.2, 0) is 6.42 Å². The van der Waals surface area contributed by atoms with Crippen LogP contribution in [0.2, 0.25) is 5.02 Å². The minimum Gasteiger partial charge on any atom is -0.451 e. The standard InChI is InChI=1S/C19H18ClNO2/c1-4-13-8-9-17-14(10-13)11(2)18(23-17)19(22)21-16-7-5-6-15(20)12(16)3/h5-10H,4H2,1-3H3,(H,21,22). The molecule has 23 heavy (non-hydrogen) atoms. The summed E-state index contributed by atoms with van der Waals surface area (Å²) in [5.41, 5.74) is 4.33. The van der Waals surface area contributed by atoms with Crippen LogP contribution in [0.1, 0.15) is 34.2 Å². The Kier molecular flexibility index (Phi) is 4.14. The van der Waals surface area contributed by atoms with Crippen LogP contribution in [0.5, 0.6) is 0 Å². The molecule has 0 aliphatic rings. The molecule has 1 N–H and O–H groups in total. The van der Waals surface area contributed by atoms with Crippen LogP contribution in [0, 0.1) is 13.8 Å². The highest BCUT2D eigenvalue weighted by atomic mass is 35.5. The number of amides is 1. The van der Waals surface area contributed by atoms with E-state index in [0.717, 1.165) is 28.5 Å². The maximum atomic E-state index is 12.6. The van der Waals surface area contributed by atoms with Gasteiger partial charge in [-0.1, -0.05) is 30.7 Å². The van der Waals surface area contributed by atoms with Gasteiger partial charge in [0.25, 0.3) is 5.91 Å². The zero-order valence-corrected chi connectivity index (χ0v) is 14.1. The summed E-state index contributed by atoms with van der Waals surface area (Å²) in [5, 5.41) is 4.49. The van der Waals surface area contributed by atoms with E-state index in [1.165, 1.54) is 5.56 Å². The van der Waals surface area contributed by atoms with Crippen molar-refractivity contribution in [2.75, 3.05) is 5.32 Å². The fourth-order valence-corrected chi connectivity index (χ4v) is 2.80. The zero-order valence-electron chi connectivity index (χ0n) is 13.4. The van der Waals surface area contributed by atoms with Crippen molar-refractivity contribution in [3.05, 3.63) is 63.9 Å². The minimum atomic E-state index is -0.262. The van der Waals surface area contributed by atoms with Crippen molar-refractivity contribution < 1.29 is 9.21 Å². The Bertz CT molecular complexity index is 896. The number of benzene rings is 2. The highest BCUT2D eigenvalue weighted by Crippen LogP contribution is 2.28. The second kappa shape index (κ2) is 6.09. The van der Waals surface area contributed by atoms with Gasteiger partial charge >= 0.3 is 0 Å². The molecular formula is C19H18ClNO2. The molecule has 1 amide bonds. The van der Waals surface area contributed by atoms with Crippen LogP contribution in [0.25, 0.3) is 11.0 Å². The summed E-state index contributed by atoms with van der Waals surface area (Å²) < 4.78 is 5.76. The molecule has 118 valence electrons. The SMILES string of the molecule is CCc1ccc2oc(C(=O)Nc3cccc(Cl)c3C)c(C)c2c1. The summed E-state index contributed by atoms with van der Waals surface area (Å²) in [5.74, 6) is 0.0785. The van der Waals surface area contributed by atoms with E-state index in [0.29, 0.717) is 16.5 Å². The molecule has 0 radical (unpaired) electrons. The summed E-state index contributed by atoms with van der Waals surface area (Å²) in [6, 6.07) is 11.5. The molecule has 0 bridgehead atoms. The Hall–Kier alpha value is -2.26. The van der Waals surface area contributed by atoms with E-state index in [1.807, 2.05) is 38.1 Å². The fourth-order valence-electron chi connectivity index (χ4n) is 2.63. The third-order valence-electron chi connectivity index (χ3n) is 4.13. The Morgan fingerprint density at radius 1 is 1.17 bits per heavy atom. The van der Waals surface area contributed by atoms with Crippen molar-refractivity contribution in [2.24, 2.45) is 0 Å². The van der Waals surface area contributed by atoms with Crippen molar-refractivity contribution in [3.63, 3.8) is 0 Å². The molecule has 3 nitrogen and oxygen atoms in total. The number of carbonyl (C=O) groups excluding carboxylic acids is 1. The van der Waals surface area contributed by atoms with Crippen molar-refractivity contribution in [1.29, 1.82) is 0 Å². The molecule has 0 spiro atoms. The normalized spacial score (nSPS) is 11.0. The van der Waals surface area contributed by atoms with Crippen LogP contribution < -0.4 is 5.32 Å². The average molecular weight is 328 g/mol. The lowest BCUT2D eigenvalue weighted by Crippen LogP contribution is -2.13. The molecule has 0 unspecified atom stereocenters. The molecule has 1 heterocycles. The van der Waals surface area contributed by atoms with Gasteiger partial charge in [0.05, 0.1) is 0 Å². The molecule has 0 saturated heterocycles. The number of halogens is 1. The second-order valence-corrected chi connectivity index (χ2v) is 6.01. The third-order valence-corrected chi connectivity index (χ3v) is 4.54. The van der Waals surface area contributed by atoms with Crippen molar-refractivity contribution in [2.45, 2.75) is 27.2 Å². The van der Waals surface area contributed by atoms with Crippen LogP contribution in [0.15, 0.2) is 40.8 Å². The summed E-state index contributed by atoms with van der Waals surface area (Å²) in [6.45, 7) is 5.88. The van der Waals surface area contributed by atoms with E-state index >= 15 is 0 Å². The van der Waals surface area contributed by atoms with E-state index in [2.05, 4.69) is 18.3 Å². The van der Waals surface area contributed by atoms with Crippen LogP contribution in [0.4, 0.5) is 5.69 Å². The number of carbonyl (C=O) groups is 1. The number of hydrogen-bond donors (Lipinski definition) is 1. The predicted molar refractivity (Wildman–Crippen MR) is 94.5 cm³/mol. The zero-order chi connectivity index (χ0) is 16.6. The number of rotatable bonds is 3. The molecule has 0 atom stereocenters. The first kappa shape index (κ1) is 15.6. The van der Waals surface area contributed by atoms with Gasteiger partial charge in [-0.15, -0.1) is 0 Å². The number of hydrogen-bond acceptors (Lipinski definition) is 2. The van der Waals surface area contributed by atoms with Gasteiger partial charge in [0.1, 0.15) is 5.58 Å². The Morgan fingerprint density at radius 3 is 2.70 bits per heavy atom. The summed E-state index contributed by atoms with van der Waals surface area (Å²) in [6.07, 6.45) is 0.948.